The van der Waals surface area contributed by atoms with Crippen LogP contribution in [0.5, 0.6) is 0 Å². The summed E-state index contributed by atoms with van der Waals surface area (Å²) in [6.45, 7) is 15.3. The average Bonchev–Trinajstić information content (AvgIpc) is 3.17. The van der Waals surface area contributed by atoms with E-state index in [2.05, 4.69) is 28.6 Å². The van der Waals surface area contributed by atoms with Crippen molar-refractivity contribution in [1.29, 1.82) is 5.41 Å². The zero-order valence-electron chi connectivity index (χ0n) is 17.7. The Hall–Kier alpha value is -2.37. The normalized spacial score (nSPS) is 16.5. The van der Waals surface area contributed by atoms with E-state index in [0.29, 0.717) is 12.3 Å². The molecule has 0 aliphatic carbocycles. The predicted octanol–water partition coefficient (Wildman–Crippen LogP) is 4.64. The molecule has 2 rings (SSSR count). The molecule has 1 heterocycles. The van der Waals surface area contributed by atoms with Gasteiger partial charge in [-0.2, -0.15) is 0 Å². The fourth-order valence-electron chi connectivity index (χ4n) is 3.20. The highest BCUT2D eigenvalue weighted by molar-refractivity contribution is 6.30. The minimum absolute atomic E-state index is 0.428. The third kappa shape index (κ3) is 6.08. The van der Waals surface area contributed by atoms with Crippen LogP contribution in [0, 0.1) is 5.41 Å². The summed E-state index contributed by atoms with van der Waals surface area (Å²) in [7, 11) is 0. The summed E-state index contributed by atoms with van der Waals surface area (Å²) in [5.41, 5.74) is 12.7. The lowest BCUT2D eigenvalue weighted by Crippen LogP contribution is -2.18. The van der Waals surface area contributed by atoms with Crippen LogP contribution in [0.3, 0.4) is 0 Å². The minimum atomic E-state index is 0.428. The van der Waals surface area contributed by atoms with Crippen molar-refractivity contribution in [2.24, 2.45) is 15.7 Å². The number of likely N-dealkylation sites (tertiary alicyclic amines) is 1. The molecule has 150 valence electrons. The molecule has 1 aliphatic heterocycles. The van der Waals surface area contributed by atoms with E-state index in [-0.39, 0.29) is 0 Å². The van der Waals surface area contributed by atoms with Crippen LogP contribution >= 0.6 is 0 Å². The van der Waals surface area contributed by atoms with Crippen molar-refractivity contribution < 1.29 is 0 Å². The summed E-state index contributed by atoms with van der Waals surface area (Å²) in [5, 5.41) is 8.07. The van der Waals surface area contributed by atoms with Gasteiger partial charge in [-0.3, -0.25) is 14.9 Å². The quantitative estimate of drug-likeness (QED) is 0.510. The van der Waals surface area contributed by atoms with E-state index < -0.39 is 0 Å². The second-order valence-corrected chi connectivity index (χ2v) is 7.49. The fourth-order valence-corrected chi connectivity index (χ4v) is 3.20. The van der Waals surface area contributed by atoms with Crippen molar-refractivity contribution in [3.63, 3.8) is 0 Å². The molecule has 1 aromatic carbocycles. The van der Waals surface area contributed by atoms with Crippen molar-refractivity contribution in [3.05, 3.63) is 52.7 Å². The first-order chi connectivity index (χ1) is 13.3. The Kier molecular flexibility index (Phi) is 8.03. The second kappa shape index (κ2) is 10.2. The fraction of sp³-hybridized carbons (Fsp3) is 0.435. The zero-order chi connectivity index (χ0) is 20.7. The van der Waals surface area contributed by atoms with E-state index in [1.54, 1.807) is 13.1 Å². The van der Waals surface area contributed by atoms with Crippen LogP contribution in [-0.4, -0.2) is 42.2 Å². The largest absolute Gasteiger partial charge is 0.327 e. The molecule has 0 spiro atoms. The highest BCUT2D eigenvalue weighted by Gasteiger charge is 2.13. The molecule has 0 bridgehead atoms. The maximum atomic E-state index is 8.07. The first-order valence-electron chi connectivity index (χ1n) is 9.87. The number of nitrogens with one attached hydrogen (secondary N) is 1. The smallest absolute Gasteiger partial charge is 0.0727 e. The van der Waals surface area contributed by atoms with Gasteiger partial charge in [0.25, 0.3) is 0 Å². The lowest BCUT2D eigenvalue weighted by atomic mass is 10.1. The van der Waals surface area contributed by atoms with Crippen LogP contribution in [0.1, 0.15) is 51.7 Å². The molecule has 1 saturated heterocycles. The maximum absolute atomic E-state index is 8.07. The van der Waals surface area contributed by atoms with Crippen LogP contribution in [0.4, 0.5) is 5.69 Å². The topological polar surface area (TPSA) is 77.8 Å². The first kappa shape index (κ1) is 21.9. The molecule has 0 atom stereocenters. The molecule has 5 nitrogen and oxygen atoms in total. The number of allylic oxidation sites excluding steroid dienone is 1. The summed E-state index contributed by atoms with van der Waals surface area (Å²) in [4.78, 5) is 11.7. The maximum Gasteiger partial charge on any atom is 0.0727 e. The van der Waals surface area contributed by atoms with Gasteiger partial charge in [0.1, 0.15) is 0 Å². The number of nitrogens with zero attached hydrogens (tertiary/aromatic N) is 3. The van der Waals surface area contributed by atoms with E-state index in [1.807, 2.05) is 26.8 Å². The molecule has 0 amide bonds. The molecule has 5 heteroatoms. The van der Waals surface area contributed by atoms with Gasteiger partial charge in [0.2, 0.25) is 0 Å². The third-order valence-corrected chi connectivity index (χ3v) is 5.13. The molecule has 1 aliphatic rings. The lowest BCUT2D eigenvalue weighted by Gasteiger charge is -2.15. The van der Waals surface area contributed by atoms with Gasteiger partial charge < -0.3 is 11.1 Å². The summed E-state index contributed by atoms with van der Waals surface area (Å²) in [5.74, 6) is 0. The van der Waals surface area contributed by atoms with Crippen LogP contribution < -0.4 is 5.73 Å². The molecule has 1 aromatic rings. The molecule has 0 radical (unpaired) electrons. The monoisotopic (exact) mass is 379 g/mol. The van der Waals surface area contributed by atoms with Crippen molar-refractivity contribution in [2.75, 3.05) is 19.6 Å². The van der Waals surface area contributed by atoms with Crippen LogP contribution in [0.25, 0.3) is 0 Å². The van der Waals surface area contributed by atoms with Gasteiger partial charge in [-0.15, -0.1) is 0 Å². The second-order valence-electron chi connectivity index (χ2n) is 7.49. The molecular weight excluding hydrogens is 346 g/mol. The standard InChI is InChI=1S/C23H33N5/c1-16(13-24)18(3)20(5)26-14-17(2)27-23-12-21(8-9-22(23)19(4)25)15-28-10-6-7-11-28/h8-9,12,14,25H,1,6-7,10-11,13,15,24H2,2-5H3/b20-18-,25-19?,26-14+,27-17+. The van der Waals surface area contributed by atoms with Gasteiger partial charge in [-0.25, -0.2) is 0 Å². The van der Waals surface area contributed by atoms with Crippen LogP contribution in [-0.2, 0) is 6.54 Å². The molecule has 0 aromatic heterocycles. The number of aliphatic imine (C=N–C) groups is 2. The number of rotatable bonds is 8. The van der Waals surface area contributed by atoms with Crippen molar-refractivity contribution in [3.8, 4) is 0 Å². The summed E-state index contributed by atoms with van der Waals surface area (Å²) < 4.78 is 0. The van der Waals surface area contributed by atoms with Crippen LogP contribution in [0.2, 0.25) is 0 Å². The van der Waals surface area contributed by atoms with Gasteiger partial charge in [-0.1, -0.05) is 18.7 Å². The SMILES string of the molecule is C=C(CN)\C(C)=C(C)/N=C/C(C)=N/c1cc(CN2CCCC2)ccc1C(C)=N. The molecule has 28 heavy (non-hydrogen) atoms. The van der Waals surface area contributed by atoms with Crippen molar-refractivity contribution in [2.45, 2.75) is 47.1 Å². The zero-order valence-corrected chi connectivity index (χ0v) is 17.7. The van der Waals surface area contributed by atoms with Gasteiger partial charge in [-0.05, 0) is 76.4 Å². The Bertz CT molecular complexity index is 823. The summed E-state index contributed by atoms with van der Waals surface area (Å²) >= 11 is 0. The van der Waals surface area contributed by atoms with Gasteiger partial charge in [0, 0.05) is 36.3 Å². The van der Waals surface area contributed by atoms with Crippen molar-refractivity contribution in [1.82, 2.24) is 4.90 Å². The molecule has 1 fully saturated rings. The Morgan fingerprint density at radius 3 is 2.50 bits per heavy atom. The Labute approximate surface area is 169 Å². The van der Waals surface area contributed by atoms with E-state index in [1.165, 1.54) is 18.4 Å². The number of nitrogens with two attached hydrogens (primary N) is 1. The lowest BCUT2D eigenvalue weighted by molar-refractivity contribution is 0.331. The minimum Gasteiger partial charge on any atom is -0.327 e. The molecule has 0 saturated carbocycles. The van der Waals surface area contributed by atoms with E-state index in [0.717, 1.165) is 53.4 Å². The third-order valence-electron chi connectivity index (χ3n) is 5.13. The molecule has 3 N–H and O–H groups in total. The highest BCUT2D eigenvalue weighted by Crippen LogP contribution is 2.24. The van der Waals surface area contributed by atoms with Gasteiger partial charge >= 0.3 is 0 Å². The van der Waals surface area contributed by atoms with Crippen LogP contribution in [0.15, 0.2) is 51.6 Å². The Morgan fingerprint density at radius 2 is 1.89 bits per heavy atom. The highest BCUT2D eigenvalue weighted by atomic mass is 15.1. The van der Waals surface area contributed by atoms with Crippen molar-refractivity contribution >= 4 is 23.3 Å². The summed E-state index contributed by atoms with van der Waals surface area (Å²) in [6, 6.07) is 6.23. The van der Waals surface area contributed by atoms with Gasteiger partial charge in [0.15, 0.2) is 0 Å². The number of hydrogen-bond acceptors (Lipinski definition) is 5. The number of benzene rings is 1. The first-order valence-corrected chi connectivity index (χ1v) is 9.87. The average molecular weight is 380 g/mol. The molecular formula is C23H33N5. The Balaban J connectivity index is 2.26. The Morgan fingerprint density at radius 1 is 1.21 bits per heavy atom. The molecule has 0 unspecified atom stereocenters. The van der Waals surface area contributed by atoms with E-state index in [4.69, 9.17) is 16.1 Å². The van der Waals surface area contributed by atoms with E-state index >= 15 is 0 Å². The predicted molar refractivity (Wildman–Crippen MR) is 121 cm³/mol. The van der Waals surface area contributed by atoms with Gasteiger partial charge in [0.05, 0.1) is 11.4 Å². The summed E-state index contributed by atoms with van der Waals surface area (Å²) in [6.07, 6.45) is 4.32. The number of hydrogen-bond donors (Lipinski definition) is 2. The van der Waals surface area contributed by atoms with E-state index in [9.17, 15) is 0 Å².